The molecule has 2 N–H and O–H groups in total. The molecule has 1 aromatic carbocycles. The van der Waals surface area contributed by atoms with Gasteiger partial charge in [0.2, 0.25) is 5.54 Å². The lowest BCUT2D eigenvalue weighted by Crippen LogP contribution is -2.59. The Kier molecular flexibility index (Phi) is 2.87. The highest BCUT2D eigenvalue weighted by molar-refractivity contribution is 5.94. The fraction of sp³-hybridized carbons (Fsp3) is 0.357. The predicted octanol–water partition coefficient (Wildman–Crippen LogP) is 3.13. The van der Waals surface area contributed by atoms with Crippen molar-refractivity contribution in [2.24, 2.45) is 5.92 Å². The number of urea groups is 1. The molecule has 110 valence electrons. The summed E-state index contributed by atoms with van der Waals surface area (Å²) in [6.07, 6.45) is -3.50. The van der Waals surface area contributed by atoms with Crippen molar-refractivity contribution in [2.45, 2.75) is 24.6 Å². The highest BCUT2D eigenvalue weighted by Gasteiger charge is 2.60. The molecule has 1 aliphatic carbocycles. The largest absolute Gasteiger partial charge is 0.427 e. The third-order valence-electron chi connectivity index (χ3n) is 3.40. The maximum absolute atomic E-state index is 14.0. The van der Waals surface area contributed by atoms with Gasteiger partial charge < -0.3 is 10.6 Å². The number of amides is 2. The zero-order valence-corrected chi connectivity index (χ0v) is 10.6. The Labute approximate surface area is 117 Å². The number of nitrogens with one attached hydrogen (secondary N) is 2. The van der Waals surface area contributed by atoms with Crippen LogP contribution in [0.1, 0.15) is 18.4 Å². The molecule has 3 rings (SSSR count). The van der Waals surface area contributed by atoms with Crippen LogP contribution < -0.4 is 10.6 Å². The Bertz CT molecular complexity index is 670. The van der Waals surface area contributed by atoms with Crippen LogP contribution >= 0.6 is 0 Å². The first kappa shape index (κ1) is 13.7. The van der Waals surface area contributed by atoms with E-state index in [2.05, 4.69) is 17.2 Å². The molecule has 1 heterocycles. The molecule has 21 heavy (non-hydrogen) atoms. The van der Waals surface area contributed by atoms with E-state index in [0.29, 0.717) is 0 Å². The van der Waals surface area contributed by atoms with Crippen molar-refractivity contribution in [3.8, 4) is 11.8 Å². The molecule has 0 radical (unpaired) electrons. The van der Waals surface area contributed by atoms with E-state index in [-0.39, 0.29) is 11.6 Å². The second-order valence-electron chi connectivity index (χ2n) is 5.03. The molecule has 1 atom stereocenters. The summed E-state index contributed by atoms with van der Waals surface area (Å²) in [6.45, 7) is 0. The van der Waals surface area contributed by atoms with Crippen LogP contribution in [0, 0.1) is 23.6 Å². The first-order valence-corrected chi connectivity index (χ1v) is 6.31. The van der Waals surface area contributed by atoms with Crippen LogP contribution in [-0.4, -0.2) is 12.2 Å². The number of benzene rings is 1. The van der Waals surface area contributed by atoms with Gasteiger partial charge in [-0.2, -0.15) is 13.2 Å². The Hall–Kier alpha value is -2.23. The summed E-state index contributed by atoms with van der Waals surface area (Å²) in [5, 5.41) is 3.93. The van der Waals surface area contributed by atoms with Crippen LogP contribution in [0.4, 0.5) is 28.0 Å². The highest BCUT2D eigenvalue weighted by atomic mass is 19.4. The summed E-state index contributed by atoms with van der Waals surface area (Å²) in [6, 6.07) is 2.30. The number of alkyl halides is 3. The molecule has 1 unspecified atom stereocenters. The molecule has 0 aromatic heterocycles. The molecule has 2 amide bonds. The monoisotopic (exact) mass is 298 g/mol. The Morgan fingerprint density at radius 3 is 2.62 bits per heavy atom. The van der Waals surface area contributed by atoms with Gasteiger partial charge in [0.1, 0.15) is 5.82 Å². The lowest BCUT2D eigenvalue weighted by molar-refractivity contribution is -0.179. The van der Waals surface area contributed by atoms with E-state index in [4.69, 9.17) is 0 Å². The fourth-order valence-corrected chi connectivity index (χ4v) is 2.21. The summed E-state index contributed by atoms with van der Waals surface area (Å²) in [5.41, 5.74) is -3.93. The van der Waals surface area contributed by atoms with E-state index < -0.39 is 29.1 Å². The molecular weight excluding hydrogens is 288 g/mol. The third-order valence-corrected chi connectivity index (χ3v) is 3.40. The van der Waals surface area contributed by atoms with Crippen molar-refractivity contribution >= 4 is 11.7 Å². The normalized spacial score (nSPS) is 24.3. The number of halogens is 4. The average Bonchev–Trinajstić information content (AvgIpc) is 3.18. The van der Waals surface area contributed by atoms with Crippen LogP contribution in [0.25, 0.3) is 0 Å². The van der Waals surface area contributed by atoms with E-state index in [1.165, 1.54) is 12.1 Å². The van der Waals surface area contributed by atoms with E-state index in [1.807, 2.05) is 0 Å². The minimum absolute atomic E-state index is 0.119. The maximum Gasteiger partial charge on any atom is 0.427 e. The summed E-state index contributed by atoms with van der Waals surface area (Å²) in [7, 11) is 0. The van der Waals surface area contributed by atoms with Crippen LogP contribution in [0.5, 0.6) is 0 Å². The second kappa shape index (κ2) is 4.38. The molecule has 0 spiro atoms. The van der Waals surface area contributed by atoms with E-state index in [9.17, 15) is 22.4 Å². The van der Waals surface area contributed by atoms with E-state index in [1.54, 1.807) is 5.32 Å². The molecule has 0 bridgehead atoms. The topological polar surface area (TPSA) is 41.1 Å². The zero-order valence-electron chi connectivity index (χ0n) is 10.6. The number of rotatable bonds is 0. The average molecular weight is 298 g/mol. The molecule has 1 saturated carbocycles. The van der Waals surface area contributed by atoms with Crippen LogP contribution in [-0.2, 0) is 5.54 Å². The van der Waals surface area contributed by atoms with Gasteiger partial charge in [0.15, 0.2) is 0 Å². The van der Waals surface area contributed by atoms with Crippen molar-refractivity contribution in [1.82, 2.24) is 5.32 Å². The SMILES string of the molecule is O=C1Nc2cccc(F)c2C(C#CC2CC2)(C(F)(F)F)N1. The number of hydrogen-bond acceptors (Lipinski definition) is 1. The molecule has 7 heteroatoms. The zero-order chi connectivity index (χ0) is 15.3. The lowest BCUT2D eigenvalue weighted by atomic mass is 9.86. The van der Waals surface area contributed by atoms with Crippen molar-refractivity contribution in [2.75, 3.05) is 5.32 Å². The quantitative estimate of drug-likeness (QED) is 0.561. The third kappa shape index (κ3) is 2.20. The standard InChI is InChI=1S/C14H10F4N2O/c15-9-2-1-3-10-11(9)13(14(16,17)18,20-12(21)19-10)7-6-8-4-5-8/h1-3,8H,4-5H2,(H2,19,20,21). The van der Waals surface area contributed by atoms with Crippen molar-refractivity contribution in [3.05, 3.63) is 29.6 Å². The Balaban J connectivity index is 2.25. The number of hydrogen-bond donors (Lipinski definition) is 2. The van der Waals surface area contributed by atoms with Crippen LogP contribution in [0.3, 0.4) is 0 Å². The van der Waals surface area contributed by atoms with Gasteiger partial charge in [0.05, 0.1) is 11.3 Å². The Morgan fingerprint density at radius 1 is 1.29 bits per heavy atom. The molecular formula is C14H10F4N2O. The van der Waals surface area contributed by atoms with Crippen molar-refractivity contribution in [3.63, 3.8) is 0 Å². The van der Waals surface area contributed by atoms with Gasteiger partial charge in [0.25, 0.3) is 0 Å². The minimum Gasteiger partial charge on any atom is -0.310 e. The number of carbonyl (C=O) groups excluding carboxylic acids is 1. The van der Waals surface area contributed by atoms with Crippen LogP contribution in [0.2, 0.25) is 0 Å². The van der Waals surface area contributed by atoms with Crippen molar-refractivity contribution < 1.29 is 22.4 Å². The van der Waals surface area contributed by atoms with E-state index in [0.717, 1.165) is 18.9 Å². The van der Waals surface area contributed by atoms with Gasteiger partial charge >= 0.3 is 12.2 Å². The van der Waals surface area contributed by atoms with Gasteiger partial charge in [-0.3, -0.25) is 0 Å². The van der Waals surface area contributed by atoms with Gasteiger partial charge in [-0.25, -0.2) is 9.18 Å². The van der Waals surface area contributed by atoms with Gasteiger partial charge in [-0.05, 0) is 25.0 Å². The number of fused-ring (bicyclic) bond motifs is 1. The summed E-state index contributed by atoms with van der Waals surface area (Å²) in [4.78, 5) is 11.5. The molecule has 3 nitrogen and oxygen atoms in total. The lowest BCUT2D eigenvalue weighted by Gasteiger charge is -2.37. The fourth-order valence-electron chi connectivity index (χ4n) is 2.21. The maximum atomic E-state index is 14.0. The van der Waals surface area contributed by atoms with E-state index >= 15 is 0 Å². The Morgan fingerprint density at radius 2 is 2.00 bits per heavy atom. The first-order chi connectivity index (χ1) is 9.83. The molecule has 1 aliphatic heterocycles. The smallest absolute Gasteiger partial charge is 0.310 e. The predicted molar refractivity (Wildman–Crippen MR) is 66.8 cm³/mol. The molecule has 1 fully saturated rings. The molecule has 2 aliphatic rings. The molecule has 1 aromatic rings. The first-order valence-electron chi connectivity index (χ1n) is 6.31. The summed E-state index contributed by atoms with van der Waals surface area (Å²) >= 11 is 0. The van der Waals surface area contributed by atoms with Crippen LogP contribution in [0.15, 0.2) is 18.2 Å². The van der Waals surface area contributed by atoms with Gasteiger partial charge in [-0.1, -0.05) is 17.9 Å². The second-order valence-corrected chi connectivity index (χ2v) is 5.03. The number of anilines is 1. The number of carbonyl (C=O) groups is 1. The minimum atomic E-state index is -4.94. The molecule has 0 saturated heterocycles. The summed E-state index contributed by atoms with van der Waals surface area (Å²) < 4.78 is 54.8. The van der Waals surface area contributed by atoms with Gasteiger partial charge in [-0.15, -0.1) is 0 Å². The van der Waals surface area contributed by atoms with Crippen molar-refractivity contribution in [1.29, 1.82) is 0 Å². The highest BCUT2D eigenvalue weighted by Crippen LogP contribution is 2.45. The van der Waals surface area contributed by atoms with Gasteiger partial charge in [0, 0.05) is 5.92 Å². The summed E-state index contributed by atoms with van der Waals surface area (Å²) in [5.74, 6) is 3.37.